The van der Waals surface area contributed by atoms with Gasteiger partial charge in [0.05, 0.1) is 5.60 Å². The molecule has 0 heterocycles. The summed E-state index contributed by atoms with van der Waals surface area (Å²) in [6, 6.07) is 0. The Hall–Kier alpha value is -0.370. The van der Waals surface area contributed by atoms with Crippen molar-refractivity contribution in [2.45, 2.75) is 59.0 Å². The van der Waals surface area contributed by atoms with E-state index < -0.39 is 5.60 Å². The van der Waals surface area contributed by atoms with Crippen molar-refractivity contribution in [2.75, 3.05) is 0 Å². The predicted octanol–water partition coefficient (Wildman–Crippen LogP) is 2.54. The van der Waals surface area contributed by atoms with Crippen LogP contribution in [0.15, 0.2) is 0 Å². The van der Waals surface area contributed by atoms with E-state index in [0.717, 1.165) is 19.3 Å². The average Bonchev–Trinajstić information content (AvgIpc) is 2.02. The zero-order valence-corrected chi connectivity index (χ0v) is 9.76. The second-order valence-corrected chi connectivity index (χ2v) is 5.66. The molecule has 2 atom stereocenters. The Morgan fingerprint density at radius 1 is 1.21 bits per heavy atom. The van der Waals surface area contributed by atoms with E-state index in [1.165, 1.54) is 0 Å². The molecule has 0 amide bonds. The van der Waals surface area contributed by atoms with Gasteiger partial charge in [0, 0.05) is 12.3 Å². The number of hydrogen-bond donors (Lipinski definition) is 1. The minimum Gasteiger partial charge on any atom is -0.389 e. The maximum Gasteiger partial charge on any atom is 0.138 e. The third-order valence-electron chi connectivity index (χ3n) is 3.75. The quantitative estimate of drug-likeness (QED) is 0.703. The summed E-state index contributed by atoms with van der Waals surface area (Å²) >= 11 is 0. The normalized spacial score (nSPS) is 28.6. The molecule has 0 aromatic carbocycles. The number of hydrogen-bond acceptors (Lipinski definition) is 2. The standard InChI is InChI=1S/C12H22O2/c1-11(2,3)12(4,14)9-7-5-6-8-10(9)13/h9,14H,5-8H2,1-4H3. The van der Waals surface area contributed by atoms with Gasteiger partial charge >= 0.3 is 0 Å². The zero-order valence-electron chi connectivity index (χ0n) is 9.76. The van der Waals surface area contributed by atoms with E-state index in [-0.39, 0.29) is 17.1 Å². The first kappa shape index (κ1) is 11.7. The van der Waals surface area contributed by atoms with Crippen molar-refractivity contribution in [3.8, 4) is 0 Å². The van der Waals surface area contributed by atoms with Gasteiger partial charge in [-0.1, -0.05) is 27.2 Å². The molecular formula is C12H22O2. The molecule has 1 N–H and O–H groups in total. The number of rotatable bonds is 1. The number of ketones is 1. The molecule has 2 unspecified atom stereocenters. The van der Waals surface area contributed by atoms with Crippen LogP contribution in [-0.4, -0.2) is 16.5 Å². The highest BCUT2D eigenvalue weighted by Crippen LogP contribution is 2.41. The van der Waals surface area contributed by atoms with Crippen LogP contribution in [0.25, 0.3) is 0 Å². The second kappa shape index (κ2) is 3.65. The molecule has 2 nitrogen and oxygen atoms in total. The van der Waals surface area contributed by atoms with Gasteiger partial charge in [0.1, 0.15) is 5.78 Å². The van der Waals surface area contributed by atoms with E-state index in [1.54, 1.807) is 6.92 Å². The van der Waals surface area contributed by atoms with Crippen LogP contribution in [0.3, 0.4) is 0 Å². The van der Waals surface area contributed by atoms with Crippen molar-refractivity contribution in [3.63, 3.8) is 0 Å². The van der Waals surface area contributed by atoms with Gasteiger partial charge in [-0.25, -0.2) is 0 Å². The summed E-state index contributed by atoms with van der Waals surface area (Å²) < 4.78 is 0. The highest BCUT2D eigenvalue weighted by atomic mass is 16.3. The first-order valence-electron chi connectivity index (χ1n) is 5.52. The van der Waals surface area contributed by atoms with Crippen molar-refractivity contribution in [2.24, 2.45) is 11.3 Å². The molecule has 1 fully saturated rings. The number of carbonyl (C=O) groups is 1. The van der Waals surface area contributed by atoms with Crippen LogP contribution in [0.2, 0.25) is 0 Å². The zero-order chi connectivity index (χ0) is 11.0. The molecule has 1 aliphatic rings. The van der Waals surface area contributed by atoms with Crippen molar-refractivity contribution < 1.29 is 9.90 Å². The van der Waals surface area contributed by atoms with Gasteiger partial charge in [0.25, 0.3) is 0 Å². The molecule has 0 aromatic rings. The van der Waals surface area contributed by atoms with Crippen LogP contribution in [0.1, 0.15) is 53.4 Å². The first-order valence-corrected chi connectivity index (χ1v) is 5.52. The van der Waals surface area contributed by atoms with Gasteiger partial charge in [0.2, 0.25) is 0 Å². The molecule has 0 bridgehead atoms. The number of Topliss-reactive ketones (excluding diaryl/α,β-unsaturated/α-hetero) is 1. The molecule has 0 radical (unpaired) electrons. The lowest BCUT2D eigenvalue weighted by atomic mass is 9.65. The largest absolute Gasteiger partial charge is 0.389 e. The lowest BCUT2D eigenvalue weighted by Crippen LogP contribution is -2.50. The Morgan fingerprint density at radius 2 is 1.79 bits per heavy atom. The van der Waals surface area contributed by atoms with Gasteiger partial charge in [-0.15, -0.1) is 0 Å². The molecule has 82 valence electrons. The van der Waals surface area contributed by atoms with Crippen molar-refractivity contribution >= 4 is 5.78 Å². The van der Waals surface area contributed by atoms with E-state index in [9.17, 15) is 9.90 Å². The lowest BCUT2D eigenvalue weighted by Gasteiger charge is -2.44. The summed E-state index contributed by atoms with van der Waals surface area (Å²) in [4.78, 5) is 11.7. The maximum absolute atomic E-state index is 11.7. The maximum atomic E-state index is 11.7. The van der Waals surface area contributed by atoms with Gasteiger partial charge in [-0.05, 0) is 25.2 Å². The fraction of sp³-hybridized carbons (Fsp3) is 0.917. The highest BCUT2D eigenvalue weighted by molar-refractivity contribution is 5.82. The minimum absolute atomic E-state index is 0.156. The Morgan fingerprint density at radius 3 is 2.21 bits per heavy atom. The first-order chi connectivity index (χ1) is 6.27. The fourth-order valence-corrected chi connectivity index (χ4v) is 2.10. The molecule has 0 spiro atoms. The summed E-state index contributed by atoms with van der Waals surface area (Å²) in [6.45, 7) is 7.79. The predicted molar refractivity (Wildman–Crippen MR) is 57.0 cm³/mol. The summed E-state index contributed by atoms with van der Waals surface area (Å²) in [5, 5.41) is 10.4. The molecule has 0 aromatic heterocycles. The molecule has 1 saturated carbocycles. The van der Waals surface area contributed by atoms with Crippen LogP contribution in [0.5, 0.6) is 0 Å². The third kappa shape index (κ3) is 2.00. The molecule has 0 aliphatic heterocycles. The average molecular weight is 198 g/mol. The third-order valence-corrected chi connectivity index (χ3v) is 3.75. The lowest BCUT2D eigenvalue weighted by molar-refractivity contribution is -0.145. The molecule has 2 heteroatoms. The molecule has 0 saturated heterocycles. The SMILES string of the molecule is CC(C)(C)C(C)(O)C1CCCCC1=O. The summed E-state index contributed by atoms with van der Waals surface area (Å²) in [6.07, 6.45) is 3.57. The summed E-state index contributed by atoms with van der Waals surface area (Å²) in [7, 11) is 0. The molecule has 1 aliphatic carbocycles. The van der Waals surface area contributed by atoms with Crippen LogP contribution in [0.4, 0.5) is 0 Å². The molecular weight excluding hydrogens is 176 g/mol. The van der Waals surface area contributed by atoms with E-state index in [0.29, 0.717) is 6.42 Å². The highest BCUT2D eigenvalue weighted by Gasteiger charge is 2.45. The number of carbonyl (C=O) groups excluding carboxylic acids is 1. The summed E-state index contributed by atoms with van der Waals surface area (Å²) in [5.41, 5.74) is -1.10. The Labute approximate surface area is 86.7 Å². The monoisotopic (exact) mass is 198 g/mol. The summed E-state index contributed by atoms with van der Waals surface area (Å²) in [5.74, 6) is 0.0902. The van der Waals surface area contributed by atoms with Crippen molar-refractivity contribution in [3.05, 3.63) is 0 Å². The van der Waals surface area contributed by atoms with Gasteiger partial charge in [0.15, 0.2) is 0 Å². The van der Waals surface area contributed by atoms with Crippen molar-refractivity contribution in [1.82, 2.24) is 0 Å². The van der Waals surface area contributed by atoms with E-state index in [1.807, 2.05) is 20.8 Å². The molecule has 14 heavy (non-hydrogen) atoms. The Kier molecular flexibility index (Phi) is 3.05. The van der Waals surface area contributed by atoms with E-state index in [2.05, 4.69) is 0 Å². The Balaban J connectivity index is 2.85. The van der Waals surface area contributed by atoms with Crippen LogP contribution in [0, 0.1) is 11.3 Å². The van der Waals surface area contributed by atoms with E-state index >= 15 is 0 Å². The topological polar surface area (TPSA) is 37.3 Å². The van der Waals surface area contributed by atoms with Crippen LogP contribution < -0.4 is 0 Å². The van der Waals surface area contributed by atoms with Gasteiger partial charge in [-0.2, -0.15) is 0 Å². The van der Waals surface area contributed by atoms with Gasteiger partial charge in [-0.3, -0.25) is 4.79 Å². The fourth-order valence-electron chi connectivity index (χ4n) is 2.10. The van der Waals surface area contributed by atoms with Gasteiger partial charge < -0.3 is 5.11 Å². The van der Waals surface area contributed by atoms with Crippen molar-refractivity contribution in [1.29, 1.82) is 0 Å². The number of aliphatic hydroxyl groups is 1. The minimum atomic E-state index is -0.871. The molecule has 1 rings (SSSR count). The smallest absolute Gasteiger partial charge is 0.138 e. The van der Waals surface area contributed by atoms with Crippen LogP contribution in [-0.2, 0) is 4.79 Å². The van der Waals surface area contributed by atoms with E-state index in [4.69, 9.17) is 0 Å². The second-order valence-electron chi connectivity index (χ2n) is 5.66. The van der Waals surface area contributed by atoms with Crippen LogP contribution >= 0.6 is 0 Å². The Bertz CT molecular complexity index is 223.